The number of amides is 1. The highest BCUT2D eigenvalue weighted by molar-refractivity contribution is 7.99. The summed E-state index contributed by atoms with van der Waals surface area (Å²) in [5.74, 6) is 0.302. The fourth-order valence-electron chi connectivity index (χ4n) is 2.38. The molecule has 3 N–H and O–H groups in total. The Morgan fingerprint density at radius 2 is 2.29 bits per heavy atom. The van der Waals surface area contributed by atoms with Crippen molar-refractivity contribution in [2.24, 2.45) is 0 Å². The lowest BCUT2D eigenvalue weighted by Crippen LogP contribution is -2.45. The molecule has 0 radical (unpaired) electrons. The van der Waals surface area contributed by atoms with E-state index in [4.69, 9.17) is 5.73 Å². The van der Waals surface area contributed by atoms with Crippen molar-refractivity contribution in [3.05, 3.63) is 12.7 Å². The molecule has 1 aliphatic rings. The summed E-state index contributed by atoms with van der Waals surface area (Å²) in [6.45, 7) is 4.14. The number of aromatic nitrogens is 3. The molecule has 0 unspecified atom stereocenters. The highest BCUT2D eigenvalue weighted by Gasteiger charge is 2.35. The number of hydrogen-bond donors (Lipinski definition) is 2. The molecule has 0 saturated heterocycles. The molecule has 1 fully saturated rings. The van der Waals surface area contributed by atoms with Crippen molar-refractivity contribution in [3.8, 4) is 6.07 Å². The van der Waals surface area contributed by atoms with E-state index in [1.807, 2.05) is 0 Å². The Kier molecular flexibility index (Phi) is 4.85. The highest BCUT2D eigenvalue weighted by Crippen LogP contribution is 2.29. The van der Waals surface area contributed by atoms with Crippen molar-refractivity contribution in [1.29, 1.82) is 5.26 Å². The molecule has 1 amide bonds. The first-order chi connectivity index (χ1) is 10.1. The molecule has 2 rings (SSSR count). The van der Waals surface area contributed by atoms with Gasteiger partial charge >= 0.3 is 0 Å². The Balaban J connectivity index is 1.92. The molecule has 1 aromatic heterocycles. The van der Waals surface area contributed by atoms with Crippen molar-refractivity contribution < 1.29 is 4.79 Å². The monoisotopic (exact) mass is 306 g/mol. The summed E-state index contributed by atoms with van der Waals surface area (Å²) in [6.07, 6.45) is 5.09. The molecule has 1 heterocycles. The van der Waals surface area contributed by atoms with Gasteiger partial charge in [0.25, 0.3) is 0 Å². The van der Waals surface area contributed by atoms with E-state index in [9.17, 15) is 10.1 Å². The third kappa shape index (κ3) is 3.55. The van der Waals surface area contributed by atoms with Crippen LogP contribution in [0.4, 0.5) is 5.95 Å². The van der Waals surface area contributed by atoms with Gasteiger partial charge in [-0.3, -0.25) is 9.36 Å². The minimum Gasteiger partial charge on any atom is -0.368 e. The Hall–Kier alpha value is -2.01. The predicted molar refractivity (Wildman–Crippen MR) is 80.3 cm³/mol. The molecule has 0 aromatic carbocycles. The Morgan fingerprint density at radius 1 is 1.57 bits per heavy atom. The number of rotatable bonds is 6. The fourth-order valence-corrected chi connectivity index (χ4v) is 3.14. The number of nitrogens with one attached hydrogen (secondary N) is 1. The average molecular weight is 306 g/mol. The molecule has 1 saturated carbocycles. The second kappa shape index (κ2) is 6.63. The summed E-state index contributed by atoms with van der Waals surface area (Å²) in [5, 5.41) is 20.4. The zero-order chi connectivity index (χ0) is 15.3. The zero-order valence-electron chi connectivity index (χ0n) is 11.7. The molecule has 0 atom stereocenters. The Labute approximate surface area is 127 Å². The van der Waals surface area contributed by atoms with Gasteiger partial charge in [0.05, 0.1) is 11.8 Å². The fraction of sp³-hybridized carbons (Fsp3) is 0.538. The first-order valence-corrected chi connectivity index (χ1v) is 7.73. The number of allylic oxidation sites excluding steroid dienone is 1. The number of anilines is 1. The standard InChI is InChI=1S/C13H18N6OS/c1-2-7-19-11(15)17-18-12(19)21-8-10(20)16-13(9-14)5-3-4-6-13/h2H,1,3-8H2,(H2,15,17)(H,16,20). The molecule has 7 nitrogen and oxygen atoms in total. The van der Waals surface area contributed by atoms with Gasteiger partial charge < -0.3 is 11.1 Å². The molecule has 0 spiro atoms. The van der Waals surface area contributed by atoms with E-state index in [0.717, 1.165) is 25.7 Å². The van der Waals surface area contributed by atoms with Gasteiger partial charge in [0.2, 0.25) is 11.9 Å². The lowest BCUT2D eigenvalue weighted by molar-refractivity contribution is -0.119. The van der Waals surface area contributed by atoms with Crippen LogP contribution >= 0.6 is 11.8 Å². The lowest BCUT2D eigenvalue weighted by atomic mass is 10.0. The maximum absolute atomic E-state index is 12.0. The lowest BCUT2D eigenvalue weighted by Gasteiger charge is -2.21. The van der Waals surface area contributed by atoms with Crippen LogP contribution in [0.15, 0.2) is 17.8 Å². The quantitative estimate of drug-likeness (QED) is 0.601. The minimum absolute atomic E-state index is 0.171. The number of hydrogen-bond acceptors (Lipinski definition) is 6. The van der Waals surface area contributed by atoms with E-state index < -0.39 is 5.54 Å². The smallest absolute Gasteiger partial charge is 0.231 e. The van der Waals surface area contributed by atoms with Gasteiger partial charge in [-0.15, -0.1) is 16.8 Å². The molecule has 21 heavy (non-hydrogen) atoms. The normalized spacial score (nSPS) is 16.3. The molecular weight excluding hydrogens is 288 g/mol. The second-order valence-corrected chi connectivity index (χ2v) is 5.92. The Bertz CT molecular complexity index is 570. The largest absolute Gasteiger partial charge is 0.368 e. The third-order valence-corrected chi connectivity index (χ3v) is 4.41. The molecule has 0 bridgehead atoms. The first-order valence-electron chi connectivity index (χ1n) is 6.75. The van der Waals surface area contributed by atoms with Crippen molar-refractivity contribution in [1.82, 2.24) is 20.1 Å². The first kappa shape index (κ1) is 15.4. The van der Waals surface area contributed by atoms with E-state index in [-0.39, 0.29) is 11.7 Å². The summed E-state index contributed by atoms with van der Waals surface area (Å²) >= 11 is 1.25. The van der Waals surface area contributed by atoms with Crippen molar-refractivity contribution in [2.75, 3.05) is 11.5 Å². The summed E-state index contributed by atoms with van der Waals surface area (Å²) in [5.41, 5.74) is 5.00. The number of nitrogen functional groups attached to an aromatic ring is 1. The SMILES string of the molecule is C=CCn1c(N)nnc1SCC(=O)NC1(C#N)CCCC1. The minimum atomic E-state index is -0.689. The Morgan fingerprint density at radius 3 is 2.90 bits per heavy atom. The topological polar surface area (TPSA) is 110 Å². The maximum Gasteiger partial charge on any atom is 0.231 e. The number of nitrogens with two attached hydrogens (primary N) is 1. The van der Waals surface area contributed by atoms with Gasteiger partial charge in [0.15, 0.2) is 5.16 Å². The molecular formula is C13H18N6OS. The van der Waals surface area contributed by atoms with Gasteiger partial charge in [0, 0.05) is 6.54 Å². The van der Waals surface area contributed by atoms with Crippen molar-refractivity contribution in [3.63, 3.8) is 0 Å². The average Bonchev–Trinajstić information content (AvgIpc) is 3.06. The van der Waals surface area contributed by atoms with Crippen LogP contribution in [0.25, 0.3) is 0 Å². The van der Waals surface area contributed by atoms with Crippen molar-refractivity contribution in [2.45, 2.75) is 42.9 Å². The summed E-state index contributed by atoms with van der Waals surface area (Å²) in [6, 6.07) is 2.23. The third-order valence-electron chi connectivity index (χ3n) is 3.44. The number of nitriles is 1. The summed E-state index contributed by atoms with van der Waals surface area (Å²) in [7, 11) is 0. The van der Waals surface area contributed by atoms with Gasteiger partial charge in [0.1, 0.15) is 5.54 Å². The van der Waals surface area contributed by atoms with Crippen LogP contribution in [0.2, 0.25) is 0 Å². The summed E-state index contributed by atoms with van der Waals surface area (Å²) in [4.78, 5) is 12.0. The van der Waals surface area contributed by atoms with E-state index in [0.29, 0.717) is 17.6 Å². The van der Waals surface area contributed by atoms with Crippen LogP contribution in [-0.4, -0.2) is 32.0 Å². The van der Waals surface area contributed by atoms with E-state index in [1.54, 1.807) is 10.6 Å². The molecule has 112 valence electrons. The summed E-state index contributed by atoms with van der Waals surface area (Å²) < 4.78 is 1.68. The van der Waals surface area contributed by atoms with Gasteiger partial charge in [-0.25, -0.2) is 0 Å². The zero-order valence-corrected chi connectivity index (χ0v) is 12.5. The van der Waals surface area contributed by atoms with E-state index in [2.05, 4.69) is 28.2 Å². The maximum atomic E-state index is 12.0. The van der Waals surface area contributed by atoms with Crippen LogP contribution in [0.3, 0.4) is 0 Å². The molecule has 8 heteroatoms. The highest BCUT2D eigenvalue weighted by atomic mass is 32.2. The van der Waals surface area contributed by atoms with Crippen LogP contribution in [0.5, 0.6) is 0 Å². The van der Waals surface area contributed by atoms with Gasteiger partial charge in [-0.1, -0.05) is 17.8 Å². The number of carbonyl (C=O) groups excluding carboxylic acids is 1. The predicted octanol–water partition coefficient (Wildman–Crippen LogP) is 1.09. The van der Waals surface area contributed by atoms with Crippen molar-refractivity contribution >= 4 is 23.6 Å². The van der Waals surface area contributed by atoms with Gasteiger partial charge in [-0.2, -0.15) is 5.26 Å². The number of nitrogens with zero attached hydrogens (tertiary/aromatic N) is 4. The molecule has 1 aliphatic carbocycles. The van der Waals surface area contributed by atoms with Gasteiger partial charge in [-0.05, 0) is 25.7 Å². The van der Waals surface area contributed by atoms with Crippen LogP contribution in [-0.2, 0) is 11.3 Å². The van der Waals surface area contributed by atoms with Crippen LogP contribution in [0.1, 0.15) is 25.7 Å². The van der Waals surface area contributed by atoms with E-state index in [1.165, 1.54) is 11.8 Å². The van der Waals surface area contributed by atoms with Crippen LogP contribution < -0.4 is 11.1 Å². The van der Waals surface area contributed by atoms with Crippen LogP contribution in [0, 0.1) is 11.3 Å². The molecule has 1 aromatic rings. The number of thioether (sulfide) groups is 1. The second-order valence-electron chi connectivity index (χ2n) is 4.98. The number of carbonyl (C=O) groups is 1. The van der Waals surface area contributed by atoms with E-state index >= 15 is 0 Å². The molecule has 0 aliphatic heterocycles.